The van der Waals surface area contributed by atoms with Crippen LogP contribution in [0.5, 0.6) is 0 Å². The van der Waals surface area contributed by atoms with Crippen molar-refractivity contribution in [2.75, 3.05) is 11.9 Å². The molecule has 0 spiro atoms. The van der Waals surface area contributed by atoms with Crippen molar-refractivity contribution in [2.45, 2.75) is 25.7 Å². The van der Waals surface area contributed by atoms with Gasteiger partial charge in [0.1, 0.15) is 0 Å². The van der Waals surface area contributed by atoms with E-state index in [1.54, 1.807) is 24.9 Å². The Hall–Kier alpha value is -2.65. The monoisotopic (exact) mass is 453 g/mol. The number of hydrogen-bond donors (Lipinski definition) is 1. The molecule has 5 nitrogen and oxygen atoms in total. The Morgan fingerprint density at radius 3 is 2.67 bits per heavy atom. The number of rotatable bonds is 7. The van der Waals surface area contributed by atoms with E-state index in [1.807, 2.05) is 27.8 Å². The third kappa shape index (κ3) is 6.17. The van der Waals surface area contributed by atoms with Gasteiger partial charge < -0.3 is 14.8 Å². The lowest BCUT2D eigenvalue weighted by Crippen LogP contribution is -2.35. The summed E-state index contributed by atoms with van der Waals surface area (Å²) in [6.45, 7) is 1.88. The average molecular weight is 454 g/mol. The fraction of sp³-hybridized carbons (Fsp3) is 0.250. The molecule has 0 radical (unpaired) electrons. The number of imidazole rings is 1. The molecule has 0 bridgehead atoms. The van der Waals surface area contributed by atoms with Crippen LogP contribution in [0.1, 0.15) is 17.5 Å². The number of hydrogen-bond acceptors (Lipinski definition) is 3. The summed E-state index contributed by atoms with van der Waals surface area (Å²) in [7, 11) is 0. The standard InChI is InChI=1S/C20H19ClF3N5S/c21-17-11-16(20(22,23)24)4-5-18(17)27-19(30)29(13-15-3-1-6-25-12-15)9-2-8-28-10-7-26-14-28/h1,3-7,10-12,14H,2,8-9,13H2,(H,27,30). The predicted molar refractivity (Wildman–Crippen MR) is 114 cm³/mol. The van der Waals surface area contributed by atoms with Crippen LogP contribution in [0.3, 0.4) is 0 Å². The Morgan fingerprint density at radius 2 is 2.03 bits per heavy atom. The van der Waals surface area contributed by atoms with Gasteiger partial charge in [0.25, 0.3) is 0 Å². The first-order valence-corrected chi connectivity index (χ1v) is 9.89. The van der Waals surface area contributed by atoms with Crippen molar-refractivity contribution in [1.82, 2.24) is 19.4 Å². The van der Waals surface area contributed by atoms with Crippen LogP contribution < -0.4 is 5.32 Å². The van der Waals surface area contributed by atoms with E-state index in [1.165, 1.54) is 6.07 Å². The van der Waals surface area contributed by atoms with Crippen molar-refractivity contribution in [3.8, 4) is 0 Å². The highest BCUT2D eigenvalue weighted by molar-refractivity contribution is 7.80. The van der Waals surface area contributed by atoms with Crippen LogP contribution >= 0.6 is 23.8 Å². The number of halogens is 4. The lowest BCUT2D eigenvalue weighted by Gasteiger charge is -2.26. The van der Waals surface area contributed by atoms with E-state index in [-0.39, 0.29) is 5.02 Å². The molecule has 0 aliphatic carbocycles. The van der Waals surface area contributed by atoms with E-state index in [9.17, 15) is 13.2 Å². The number of anilines is 1. The highest BCUT2D eigenvalue weighted by Crippen LogP contribution is 2.33. The minimum absolute atomic E-state index is 0.0491. The molecule has 2 aromatic heterocycles. The summed E-state index contributed by atoms with van der Waals surface area (Å²) in [6, 6.07) is 6.91. The number of nitrogens with one attached hydrogen (secondary N) is 1. The summed E-state index contributed by atoms with van der Waals surface area (Å²) >= 11 is 11.6. The van der Waals surface area contributed by atoms with Gasteiger partial charge in [0.05, 0.1) is 22.6 Å². The van der Waals surface area contributed by atoms with Gasteiger partial charge in [-0.25, -0.2) is 4.98 Å². The molecule has 0 aliphatic rings. The van der Waals surface area contributed by atoms with Gasteiger partial charge in [-0.3, -0.25) is 4.98 Å². The predicted octanol–water partition coefficient (Wildman–Crippen LogP) is 5.24. The molecule has 10 heteroatoms. The van der Waals surface area contributed by atoms with Crippen molar-refractivity contribution in [1.29, 1.82) is 0 Å². The van der Waals surface area contributed by atoms with Crippen LogP contribution in [0.15, 0.2) is 61.4 Å². The molecule has 0 atom stereocenters. The van der Waals surface area contributed by atoms with Crippen LogP contribution in [-0.2, 0) is 19.3 Å². The quantitative estimate of drug-likeness (QED) is 0.496. The third-order valence-electron chi connectivity index (χ3n) is 4.32. The zero-order chi connectivity index (χ0) is 21.6. The summed E-state index contributed by atoms with van der Waals surface area (Å²) in [5, 5.41) is 3.29. The first-order chi connectivity index (χ1) is 14.3. The Bertz CT molecular complexity index is 964. The van der Waals surface area contributed by atoms with E-state index in [4.69, 9.17) is 23.8 Å². The zero-order valence-electron chi connectivity index (χ0n) is 15.8. The summed E-state index contributed by atoms with van der Waals surface area (Å²) in [4.78, 5) is 10.1. The minimum Gasteiger partial charge on any atom is -0.345 e. The summed E-state index contributed by atoms with van der Waals surface area (Å²) in [5.41, 5.74) is 0.472. The van der Waals surface area contributed by atoms with Gasteiger partial charge in [-0.1, -0.05) is 17.7 Å². The van der Waals surface area contributed by atoms with Crippen molar-refractivity contribution in [2.24, 2.45) is 0 Å². The molecule has 3 aromatic rings. The van der Waals surface area contributed by atoms with Crippen LogP contribution in [0.25, 0.3) is 0 Å². The molecule has 0 fully saturated rings. The number of aromatic nitrogens is 3. The van der Waals surface area contributed by atoms with Crippen molar-refractivity contribution < 1.29 is 13.2 Å². The maximum atomic E-state index is 12.9. The number of benzene rings is 1. The maximum absolute atomic E-state index is 12.9. The second-order valence-corrected chi connectivity index (χ2v) is 7.35. The number of alkyl halides is 3. The topological polar surface area (TPSA) is 46.0 Å². The fourth-order valence-electron chi connectivity index (χ4n) is 2.81. The second-order valence-electron chi connectivity index (χ2n) is 6.56. The molecule has 3 rings (SSSR count). The SMILES string of the molecule is FC(F)(F)c1ccc(NC(=S)N(CCCn2ccnc2)Cc2cccnc2)c(Cl)c1. The summed E-state index contributed by atoms with van der Waals surface area (Å²) in [6.07, 6.45) is 5.10. The molecule has 158 valence electrons. The molecule has 2 heterocycles. The van der Waals surface area contributed by atoms with E-state index >= 15 is 0 Å². The lowest BCUT2D eigenvalue weighted by molar-refractivity contribution is -0.137. The first kappa shape index (κ1) is 22.0. The molecule has 0 aliphatic heterocycles. The van der Waals surface area contributed by atoms with E-state index in [0.29, 0.717) is 23.9 Å². The summed E-state index contributed by atoms with van der Waals surface area (Å²) in [5.74, 6) is 0. The summed E-state index contributed by atoms with van der Waals surface area (Å²) < 4.78 is 40.6. The van der Waals surface area contributed by atoms with Gasteiger partial charge >= 0.3 is 6.18 Å². The van der Waals surface area contributed by atoms with E-state index < -0.39 is 11.7 Å². The Balaban J connectivity index is 1.70. The average Bonchev–Trinajstić information content (AvgIpc) is 3.22. The molecule has 0 amide bonds. The Kier molecular flexibility index (Phi) is 7.28. The number of nitrogens with zero attached hydrogens (tertiary/aromatic N) is 4. The number of pyridine rings is 1. The first-order valence-electron chi connectivity index (χ1n) is 9.10. The minimum atomic E-state index is -4.46. The highest BCUT2D eigenvalue weighted by Gasteiger charge is 2.31. The molecule has 1 aromatic carbocycles. The number of aryl methyl sites for hydroxylation is 1. The smallest absolute Gasteiger partial charge is 0.345 e. The molecule has 1 N–H and O–H groups in total. The van der Waals surface area contributed by atoms with Gasteiger partial charge in [0.2, 0.25) is 0 Å². The third-order valence-corrected chi connectivity index (χ3v) is 5.00. The van der Waals surface area contributed by atoms with E-state index in [0.717, 1.165) is 30.7 Å². The van der Waals surface area contributed by atoms with Crippen LogP contribution in [0, 0.1) is 0 Å². The van der Waals surface area contributed by atoms with Crippen LogP contribution in [0.2, 0.25) is 5.02 Å². The van der Waals surface area contributed by atoms with Gasteiger partial charge in [0, 0.05) is 44.4 Å². The molecular formula is C20H19ClF3N5S. The molecule has 0 unspecified atom stereocenters. The van der Waals surface area contributed by atoms with Crippen molar-refractivity contribution in [3.05, 3.63) is 77.6 Å². The molecule has 0 saturated carbocycles. The zero-order valence-corrected chi connectivity index (χ0v) is 17.4. The Labute approximate surface area is 182 Å². The number of thiocarbonyl (C=S) groups is 1. The van der Waals surface area contributed by atoms with Gasteiger partial charge in [-0.2, -0.15) is 13.2 Å². The van der Waals surface area contributed by atoms with E-state index in [2.05, 4.69) is 15.3 Å². The largest absolute Gasteiger partial charge is 0.416 e. The van der Waals surface area contributed by atoms with Gasteiger partial charge in [0.15, 0.2) is 5.11 Å². The highest BCUT2D eigenvalue weighted by atomic mass is 35.5. The Morgan fingerprint density at radius 1 is 1.20 bits per heavy atom. The van der Waals surface area contributed by atoms with Crippen LogP contribution in [-0.4, -0.2) is 31.1 Å². The fourth-order valence-corrected chi connectivity index (χ4v) is 3.31. The van der Waals surface area contributed by atoms with Crippen molar-refractivity contribution >= 4 is 34.6 Å². The second kappa shape index (κ2) is 9.90. The molecule has 0 saturated heterocycles. The maximum Gasteiger partial charge on any atom is 0.416 e. The van der Waals surface area contributed by atoms with Gasteiger partial charge in [-0.15, -0.1) is 0 Å². The van der Waals surface area contributed by atoms with Crippen molar-refractivity contribution in [3.63, 3.8) is 0 Å². The van der Waals surface area contributed by atoms with Gasteiger partial charge in [-0.05, 0) is 48.5 Å². The molecular weight excluding hydrogens is 435 g/mol. The molecule has 30 heavy (non-hydrogen) atoms. The normalized spacial score (nSPS) is 11.3. The van der Waals surface area contributed by atoms with Crippen LogP contribution in [0.4, 0.5) is 18.9 Å². The lowest BCUT2D eigenvalue weighted by atomic mass is 10.2.